The van der Waals surface area contributed by atoms with Crippen LogP contribution in [0.25, 0.3) is 0 Å². The number of anilines is 2. The fraction of sp³-hybridized carbons (Fsp3) is 0.235. The first-order chi connectivity index (χ1) is 10.3. The minimum atomic E-state index is -0.113. The zero-order valence-corrected chi connectivity index (χ0v) is 12.4. The summed E-state index contributed by atoms with van der Waals surface area (Å²) in [6.07, 6.45) is 2.33. The Morgan fingerprint density at radius 3 is 2.43 bits per heavy atom. The molecule has 1 aliphatic rings. The molecule has 21 heavy (non-hydrogen) atoms. The molecule has 0 spiro atoms. The summed E-state index contributed by atoms with van der Waals surface area (Å²) in [5, 5.41) is 3.66. The lowest BCUT2D eigenvalue weighted by atomic mass is 10.2. The second kappa shape index (κ2) is 6.19. The Balaban J connectivity index is 1.88. The predicted octanol–water partition coefficient (Wildman–Crippen LogP) is 4.19. The van der Waals surface area contributed by atoms with E-state index < -0.39 is 0 Å². The third-order valence-corrected chi connectivity index (χ3v) is 4.00. The smallest absolute Gasteiger partial charge is 0.255 e. The van der Waals surface area contributed by atoms with Crippen LogP contribution in [0.15, 0.2) is 48.5 Å². The molecule has 1 fully saturated rings. The number of nitrogens with zero attached hydrogens (tertiary/aromatic N) is 1. The van der Waals surface area contributed by atoms with Crippen LogP contribution in [0.3, 0.4) is 0 Å². The molecule has 2 aromatic carbocycles. The van der Waals surface area contributed by atoms with Crippen molar-refractivity contribution in [3.05, 3.63) is 59.1 Å². The van der Waals surface area contributed by atoms with Crippen molar-refractivity contribution in [2.45, 2.75) is 12.8 Å². The maximum absolute atomic E-state index is 12.3. The minimum absolute atomic E-state index is 0.113. The van der Waals surface area contributed by atoms with Gasteiger partial charge in [-0.2, -0.15) is 0 Å². The third kappa shape index (κ3) is 3.03. The summed E-state index contributed by atoms with van der Waals surface area (Å²) in [6.45, 7) is 1.97. The predicted molar refractivity (Wildman–Crippen MR) is 87.3 cm³/mol. The Labute approximate surface area is 129 Å². The first-order valence-corrected chi connectivity index (χ1v) is 7.53. The van der Waals surface area contributed by atoms with E-state index in [2.05, 4.69) is 10.2 Å². The summed E-state index contributed by atoms with van der Waals surface area (Å²) < 4.78 is 0. The Bertz CT molecular complexity index is 636. The van der Waals surface area contributed by atoms with Gasteiger partial charge in [0.15, 0.2) is 0 Å². The highest BCUT2D eigenvalue weighted by atomic mass is 35.5. The van der Waals surface area contributed by atoms with Crippen LogP contribution in [0.1, 0.15) is 23.2 Å². The van der Waals surface area contributed by atoms with Crippen LogP contribution >= 0.6 is 11.6 Å². The van der Waals surface area contributed by atoms with Crippen LogP contribution in [0, 0.1) is 0 Å². The van der Waals surface area contributed by atoms with E-state index in [9.17, 15) is 4.79 Å². The SMILES string of the molecule is O=C(Nc1cccc(Cl)c1N1CCCC1)c1ccccc1. The number of para-hydroxylation sites is 1. The third-order valence-electron chi connectivity index (χ3n) is 3.69. The molecule has 0 bridgehead atoms. The van der Waals surface area contributed by atoms with Gasteiger partial charge in [0.1, 0.15) is 0 Å². The number of halogens is 1. The molecule has 108 valence electrons. The fourth-order valence-electron chi connectivity index (χ4n) is 2.66. The molecule has 0 saturated carbocycles. The first kappa shape index (κ1) is 14.0. The van der Waals surface area contributed by atoms with Gasteiger partial charge in [0.2, 0.25) is 0 Å². The van der Waals surface area contributed by atoms with Gasteiger partial charge in [0, 0.05) is 18.7 Å². The van der Waals surface area contributed by atoms with Crippen LogP contribution in [-0.2, 0) is 0 Å². The van der Waals surface area contributed by atoms with E-state index in [1.807, 2.05) is 36.4 Å². The summed E-state index contributed by atoms with van der Waals surface area (Å²) in [6, 6.07) is 14.8. The summed E-state index contributed by atoms with van der Waals surface area (Å²) in [5.74, 6) is -0.113. The molecule has 0 atom stereocenters. The number of benzene rings is 2. The van der Waals surface area contributed by atoms with Gasteiger partial charge in [-0.25, -0.2) is 0 Å². The zero-order chi connectivity index (χ0) is 14.7. The van der Waals surface area contributed by atoms with Gasteiger partial charge in [0.05, 0.1) is 16.4 Å². The van der Waals surface area contributed by atoms with Gasteiger partial charge < -0.3 is 10.2 Å². The number of nitrogens with one attached hydrogen (secondary N) is 1. The van der Waals surface area contributed by atoms with Crippen LogP contribution in [0.4, 0.5) is 11.4 Å². The van der Waals surface area contributed by atoms with Gasteiger partial charge in [-0.15, -0.1) is 0 Å². The number of carbonyl (C=O) groups excluding carboxylic acids is 1. The number of rotatable bonds is 3. The maximum Gasteiger partial charge on any atom is 0.255 e. The van der Waals surface area contributed by atoms with Crippen LogP contribution in [-0.4, -0.2) is 19.0 Å². The molecule has 0 unspecified atom stereocenters. The molecule has 4 heteroatoms. The molecule has 1 N–H and O–H groups in total. The highest BCUT2D eigenvalue weighted by Gasteiger charge is 2.19. The van der Waals surface area contributed by atoms with Gasteiger partial charge in [-0.05, 0) is 37.1 Å². The molecule has 2 aromatic rings. The lowest BCUT2D eigenvalue weighted by Gasteiger charge is -2.23. The van der Waals surface area contributed by atoms with Crippen molar-refractivity contribution in [3.8, 4) is 0 Å². The molecule has 0 radical (unpaired) electrons. The molecule has 1 aliphatic heterocycles. The van der Waals surface area contributed by atoms with E-state index >= 15 is 0 Å². The normalized spacial score (nSPS) is 14.2. The number of carbonyl (C=O) groups is 1. The lowest BCUT2D eigenvalue weighted by Crippen LogP contribution is -2.21. The molecular formula is C17H17ClN2O. The molecule has 1 saturated heterocycles. The quantitative estimate of drug-likeness (QED) is 0.921. The average molecular weight is 301 g/mol. The van der Waals surface area contributed by atoms with Crippen LogP contribution in [0.5, 0.6) is 0 Å². The number of amides is 1. The Morgan fingerprint density at radius 2 is 1.71 bits per heavy atom. The van der Waals surface area contributed by atoms with E-state index in [0.29, 0.717) is 10.6 Å². The number of hydrogen-bond acceptors (Lipinski definition) is 2. The van der Waals surface area contributed by atoms with Crippen molar-refractivity contribution in [1.82, 2.24) is 0 Å². The van der Waals surface area contributed by atoms with Crippen molar-refractivity contribution in [3.63, 3.8) is 0 Å². The zero-order valence-electron chi connectivity index (χ0n) is 11.7. The van der Waals surface area contributed by atoms with Gasteiger partial charge in [-0.3, -0.25) is 4.79 Å². The molecule has 1 heterocycles. The summed E-state index contributed by atoms with van der Waals surface area (Å²) in [7, 11) is 0. The maximum atomic E-state index is 12.3. The topological polar surface area (TPSA) is 32.3 Å². The Hall–Kier alpha value is -2.00. The van der Waals surface area contributed by atoms with Gasteiger partial charge >= 0.3 is 0 Å². The Morgan fingerprint density at radius 1 is 1.00 bits per heavy atom. The molecule has 0 aliphatic carbocycles. The highest BCUT2D eigenvalue weighted by Crippen LogP contribution is 2.36. The van der Waals surface area contributed by atoms with E-state index in [0.717, 1.165) is 37.3 Å². The lowest BCUT2D eigenvalue weighted by molar-refractivity contribution is 0.102. The van der Waals surface area contributed by atoms with Crippen molar-refractivity contribution in [2.24, 2.45) is 0 Å². The molecule has 3 nitrogen and oxygen atoms in total. The van der Waals surface area contributed by atoms with E-state index in [1.165, 1.54) is 0 Å². The van der Waals surface area contributed by atoms with Crippen molar-refractivity contribution >= 4 is 28.9 Å². The fourth-order valence-corrected chi connectivity index (χ4v) is 2.96. The average Bonchev–Trinajstić information content (AvgIpc) is 3.02. The molecule has 3 rings (SSSR count). The monoisotopic (exact) mass is 300 g/mol. The largest absolute Gasteiger partial charge is 0.369 e. The van der Waals surface area contributed by atoms with Gasteiger partial charge in [0.25, 0.3) is 5.91 Å². The summed E-state index contributed by atoms with van der Waals surface area (Å²) in [5.41, 5.74) is 2.35. The number of hydrogen-bond donors (Lipinski definition) is 1. The van der Waals surface area contributed by atoms with Crippen molar-refractivity contribution in [2.75, 3.05) is 23.3 Å². The van der Waals surface area contributed by atoms with Gasteiger partial charge in [-0.1, -0.05) is 35.9 Å². The van der Waals surface area contributed by atoms with Crippen LogP contribution < -0.4 is 10.2 Å². The Kier molecular flexibility index (Phi) is 4.11. The molecule has 1 amide bonds. The van der Waals surface area contributed by atoms with E-state index in [-0.39, 0.29) is 5.91 Å². The first-order valence-electron chi connectivity index (χ1n) is 7.15. The van der Waals surface area contributed by atoms with E-state index in [1.54, 1.807) is 12.1 Å². The molecular weight excluding hydrogens is 284 g/mol. The summed E-state index contributed by atoms with van der Waals surface area (Å²) in [4.78, 5) is 14.6. The van der Waals surface area contributed by atoms with Crippen molar-refractivity contribution < 1.29 is 4.79 Å². The van der Waals surface area contributed by atoms with Crippen molar-refractivity contribution in [1.29, 1.82) is 0 Å². The molecule has 0 aromatic heterocycles. The summed E-state index contributed by atoms with van der Waals surface area (Å²) >= 11 is 6.35. The second-order valence-corrected chi connectivity index (χ2v) is 5.56. The van der Waals surface area contributed by atoms with E-state index in [4.69, 9.17) is 11.6 Å². The minimum Gasteiger partial charge on any atom is -0.369 e. The second-order valence-electron chi connectivity index (χ2n) is 5.15. The standard InChI is InChI=1S/C17H17ClN2O/c18-14-9-6-10-15(16(14)20-11-4-5-12-20)19-17(21)13-7-2-1-3-8-13/h1-3,6-10H,4-5,11-12H2,(H,19,21). The van der Waals surface area contributed by atoms with Crippen LogP contribution in [0.2, 0.25) is 5.02 Å². The highest BCUT2D eigenvalue weighted by molar-refractivity contribution is 6.34.